The summed E-state index contributed by atoms with van der Waals surface area (Å²) < 4.78 is 4.92. The van der Waals surface area contributed by atoms with Crippen molar-refractivity contribution in [1.82, 2.24) is 9.80 Å². The molecule has 0 aromatic heterocycles. The number of likely N-dealkylation sites (N-methyl/N-ethyl adjacent to an activating group) is 1. The van der Waals surface area contributed by atoms with Crippen molar-refractivity contribution in [3.05, 3.63) is 0 Å². The maximum Gasteiger partial charge on any atom is 0.241 e. The molecule has 100 valence electrons. The smallest absolute Gasteiger partial charge is 0.241 e. The summed E-state index contributed by atoms with van der Waals surface area (Å²) in [4.78, 5) is 26.3. The van der Waals surface area contributed by atoms with Crippen LogP contribution in [-0.2, 0) is 14.3 Å². The number of alkyl halides is 1. The third-order valence-corrected chi connectivity index (χ3v) is 2.53. The molecule has 17 heavy (non-hydrogen) atoms. The fourth-order valence-electron chi connectivity index (χ4n) is 1.17. The number of halogens is 1. The Morgan fingerprint density at radius 2 is 1.88 bits per heavy atom. The summed E-state index contributed by atoms with van der Waals surface area (Å²) in [6.45, 7) is 0.946. The first-order valence-corrected chi connectivity index (χ1v) is 6.09. The standard InChI is InChI=1S/C11H21ClN2O3/c1-13(2)11(16)9-14(7-8-17-3)10(15)5-4-6-12/h4-9H2,1-3H3. The summed E-state index contributed by atoms with van der Waals surface area (Å²) in [6.07, 6.45) is 0.994. The van der Waals surface area contributed by atoms with Crippen molar-refractivity contribution >= 4 is 23.4 Å². The molecule has 0 rings (SSSR count). The van der Waals surface area contributed by atoms with Gasteiger partial charge in [0, 0.05) is 40.1 Å². The molecule has 0 saturated heterocycles. The second-order valence-electron chi connectivity index (χ2n) is 3.89. The van der Waals surface area contributed by atoms with Crippen molar-refractivity contribution in [3.63, 3.8) is 0 Å². The van der Waals surface area contributed by atoms with E-state index < -0.39 is 0 Å². The van der Waals surface area contributed by atoms with E-state index in [-0.39, 0.29) is 18.4 Å². The molecule has 0 aromatic carbocycles. The Labute approximate surface area is 108 Å². The first-order chi connectivity index (χ1) is 8.02. The minimum Gasteiger partial charge on any atom is -0.383 e. The number of carbonyl (C=O) groups excluding carboxylic acids is 2. The van der Waals surface area contributed by atoms with E-state index in [0.29, 0.717) is 31.9 Å². The van der Waals surface area contributed by atoms with Gasteiger partial charge in [-0.2, -0.15) is 0 Å². The van der Waals surface area contributed by atoms with E-state index in [1.807, 2.05) is 0 Å². The average molecular weight is 265 g/mol. The second-order valence-corrected chi connectivity index (χ2v) is 4.27. The summed E-state index contributed by atoms with van der Waals surface area (Å²) in [5.74, 6) is 0.295. The van der Waals surface area contributed by atoms with Crippen LogP contribution in [0.3, 0.4) is 0 Å². The lowest BCUT2D eigenvalue weighted by Crippen LogP contribution is -2.41. The quantitative estimate of drug-likeness (QED) is 0.602. The van der Waals surface area contributed by atoms with E-state index in [2.05, 4.69) is 0 Å². The molecular formula is C11H21ClN2O3. The number of ether oxygens (including phenoxy) is 1. The van der Waals surface area contributed by atoms with Gasteiger partial charge in [0.2, 0.25) is 11.8 Å². The van der Waals surface area contributed by atoms with Gasteiger partial charge in [0.05, 0.1) is 13.2 Å². The lowest BCUT2D eigenvalue weighted by molar-refractivity contribution is -0.139. The molecule has 0 aliphatic carbocycles. The molecule has 0 radical (unpaired) electrons. The molecule has 2 amide bonds. The molecule has 0 aliphatic heterocycles. The predicted molar refractivity (Wildman–Crippen MR) is 67.1 cm³/mol. The summed E-state index contributed by atoms with van der Waals surface area (Å²) in [5, 5.41) is 0. The van der Waals surface area contributed by atoms with Gasteiger partial charge in [0.1, 0.15) is 0 Å². The number of nitrogens with zero attached hydrogens (tertiary/aromatic N) is 2. The number of methoxy groups -OCH3 is 1. The Hall–Kier alpha value is -0.810. The largest absolute Gasteiger partial charge is 0.383 e. The van der Waals surface area contributed by atoms with Gasteiger partial charge in [-0.15, -0.1) is 11.6 Å². The lowest BCUT2D eigenvalue weighted by atomic mass is 10.3. The van der Waals surface area contributed by atoms with Crippen LogP contribution in [0, 0.1) is 0 Å². The molecule has 6 heteroatoms. The normalized spacial score (nSPS) is 10.1. The summed E-state index contributed by atoms with van der Waals surface area (Å²) in [6, 6.07) is 0. The van der Waals surface area contributed by atoms with Crippen LogP contribution in [0.2, 0.25) is 0 Å². The Morgan fingerprint density at radius 1 is 1.24 bits per heavy atom. The fraction of sp³-hybridized carbons (Fsp3) is 0.818. The minimum absolute atomic E-state index is 0.0575. The fourth-order valence-corrected chi connectivity index (χ4v) is 1.31. The third kappa shape index (κ3) is 7.18. The third-order valence-electron chi connectivity index (χ3n) is 2.27. The predicted octanol–water partition coefficient (Wildman–Crippen LogP) is 0.569. The number of hydrogen-bond donors (Lipinski definition) is 0. The molecule has 0 heterocycles. The van der Waals surface area contributed by atoms with Crippen LogP contribution in [0.1, 0.15) is 12.8 Å². The van der Waals surface area contributed by atoms with Crippen molar-refractivity contribution in [2.75, 3.05) is 46.8 Å². The molecule has 0 N–H and O–H groups in total. The Kier molecular flexibility index (Phi) is 8.80. The highest BCUT2D eigenvalue weighted by molar-refractivity contribution is 6.17. The van der Waals surface area contributed by atoms with Gasteiger partial charge in [-0.25, -0.2) is 0 Å². The second kappa shape index (κ2) is 9.24. The monoisotopic (exact) mass is 264 g/mol. The maximum absolute atomic E-state index is 11.8. The summed E-state index contributed by atoms with van der Waals surface area (Å²) in [5.41, 5.74) is 0. The van der Waals surface area contributed by atoms with Crippen molar-refractivity contribution in [1.29, 1.82) is 0 Å². The lowest BCUT2D eigenvalue weighted by Gasteiger charge is -2.23. The van der Waals surface area contributed by atoms with Crippen LogP contribution >= 0.6 is 11.6 Å². The van der Waals surface area contributed by atoms with Gasteiger partial charge < -0.3 is 14.5 Å². The molecule has 0 bridgehead atoms. The van der Waals surface area contributed by atoms with Crippen LogP contribution in [0.5, 0.6) is 0 Å². The molecule has 0 saturated carbocycles. The Balaban J connectivity index is 4.30. The van der Waals surface area contributed by atoms with Gasteiger partial charge in [-0.1, -0.05) is 0 Å². The average Bonchev–Trinajstić information content (AvgIpc) is 2.30. The molecule has 0 aromatic rings. The molecule has 0 aliphatic rings. The van der Waals surface area contributed by atoms with E-state index in [1.165, 1.54) is 9.80 Å². The number of rotatable bonds is 8. The van der Waals surface area contributed by atoms with Crippen LogP contribution in [0.4, 0.5) is 0 Å². The van der Waals surface area contributed by atoms with Gasteiger partial charge in [0.25, 0.3) is 0 Å². The molecular weight excluding hydrogens is 244 g/mol. The number of hydrogen-bond acceptors (Lipinski definition) is 3. The van der Waals surface area contributed by atoms with Crippen LogP contribution < -0.4 is 0 Å². The summed E-state index contributed by atoms with van der Waals surface area (Å²) in [7, 11) is 4.90. The van der Waals surface area contributed by atoms with Crippen molar-refractivity contribution in [2.24, 2.45) is 0 Å². The highest BCUT2D eigenvalue weighted by Gasteiger charge is 2.17. The molecule has 0 fully saturated rings. The van der Waals surface area contributed by atoms with Crippen LogP contribution in [-0.4, -0.2) is 68.4 Å². The van der Waals surface area contributed by atoms with Crippen molar-refractivity contribution in [2.45, 2.75) is 12.8 Å². The topological polar surface area (TPSA) is 49.9 Å². The highest BCUT2D eigenvalue weighted by atomic mass is 35.5. The first-order valence-electron chi connectivity index (χ1n) is 5.55. The van der Waals surface area contributed by atoms with Gasteiger partial charge in [0.15, 0.2) is 0 Å². The van der Waals surface area contributed by atoms with Crippen LogP contribution in [0.15, 0.2) is 0 Å². The van der Waals surface area contributed by atoms with Gasteiger partial charge in [-0.3, -0.25) is 9.59 Å². The molecule has 0 unspecified atom stereocenters. The number of carbonyl (C=O) groups is 2. The molecule has 0 spiro atoms. The van der Waals surface area contributed by atoms with Gasteiger partial charge in [-0.05, 0) is 6.42 Å². The maximum atomic E-state index is 11.8. The van der Waals surface area contributed by atoms with Crippen molar-refractivity contribution in [3.8, 4) is 0 Å². The van der Waals surface area contributed by atoms with Crippen LogP contribution in [0.25, 0.3) is 0 Å². The van der Waals surface area contributed by atoms with Crippen molar-refractivity contribution < 1.29 is 14.3 Å². The molecule has 0 atom stereocenters. The highest BCUT2D eigenvalue weighted by Crippen LogP contribution is 2.00. The first kappa shape index (κ1) is 16.2. The zero-order chi connectivity index (χ0) is 13.3. The zero-order valence-electron chi connectivity index (χ0n) is 10.7. The van der Waals surface area contributed by atoms with Gasteiger partial charge >= 0.3 is 0 Å². The zero-order valence-corrected chi connectivity index (χ0v) is 11.5. The molecule has 5 nitrogen and oxygen atoms in total. The summed E-state index contributed by atoms with van der Waals surface area (Å²) >= 11 is 5.54. The Bertz CT molecular complexity index is 247. The minimum atomic E-state index is -0.0969. The Morgan fingerprint density at radius 3 is 2.35 bits per heavy atom. The SMILES string of the molecule is COCCN(CC(=O)N(C)C)C(=O)CCCCl. The van der Waals surface area contributed by atoms with E-state index in [9.17, 15) is 9.59 Å². The van der Waals surface area contributed by atoms with E-state index in [4.69, 9.17) is 16.3 Å². The number of amides is 2. The van der Waals surface area contributed by atoms with E-state index in [0.717, 1.165) is 0 Å². The van der Waals surface area contributed by atoms with E-state index >= 15 is 0 Å². The van der Waals surface area contributed by atoms with E-state index in [1.54, 1.807) is 21.2 Å².